The number of hydrogen-bond acceptors (Lipinski definition) is 6. The minimum atomic E-state index is -4.55. The minimum Gasteiger partial charge on any atom is -0.439 e. The van der Waals surface area contributed by atoms with E-state index in [9.17, 15) is 22.8 Å². The van der Waals surface area contributed by atoms with Crippen LogP contribution in [0.5, 0.6) is 11.6 Å². The van der Waals surface area contributed by atoms with Gasteiger partial charge in [0.25, 0.3) is 5.91 Å². The summed E-state index contributed by atoms with van der Waals surface area (Å²) in [6, 6.07) is 13.7. The average molecular weight is 507 g/mol. The third kappa shape index (κ3) is 5.61. The van der Waals surface area contributed by atoms with Crippen molar-refractivity contribution in [1.82, 2.24) is 9.97 Å². The molecule has 0 fully saturated rings. The molecule has 0 saturated heterocycles. The Kier molecular flexibility index (Phi) is 6.66. The minimum absolute atomic E-state index is 0.129. The molecule has 0 aliphatic rings. The van der Waals surface area contributed by atoms with Crippen LogP contribution in [0.25, 0.3) is 10.3 Å². The lowest BCUT2D eigenvalue weighted by atomic mass is 10.1. The summed E-state index contributed by atoms with van der Waals surface area (Å²) in [7, 11) is 0. The fraction of sp³-hybridized carbons (Fsp3) is 0.0909. The first-order valence-electron chi connectivity index (χ1n) is 9.61. The number of nitrogens with one attached hydrogen (secondary N) is 2. The van der Waals surface area contributed by atoms with E-state index >= 15 is 0 Å². The third-order valence-electron chi connectivity index (χ3n) is 4.36. The van der Waals surface area contributed by atoms with Crippen LogP contribution in [0.15, 0.2) is 60.7 Å². The molecule has 2 amide bonds. The molecule has 0 radical (unpaired) electrons. The number of ether oxygens (including phenoxy) is 1. The first kappa shape index (κ1) is 23.5. The lowest BCUT2D eigenvalue weighted by molar-refractivity contribution is -0.137. The summed E-state index contributed by atoms with van der Waals surface area (Å²) >= 11 is 6.63. The summed E-state index contributed by atoms with van der Waals surface area (Å²) in [5.74, 6) is -0.694. The van der Waals surface area contributed by atoms with Crippen LogP contribution in [0.2, 0.25) is 0 Å². The van der Waals surface area contributed by atoms with Crippen molar-refractivity contribution < 1.29 is 27.5 Å². The maximum Gasteiger partial charge on any atom is 0.416 e. The fourth-order valence-electron chi connectivity index (χ4n) is 2.86. The molecule has 0 spiro atoms. The number of fused-ring (bicyclic) bond motifs is 1. The zero-order chi connectivity index (χ0) is 24.3. The number of thiazole rings is 1. The van der Waals surface area contributed by atoms with Gasteiger partial charge >= 0.3 is 6.18 Å². The molecule has 0 saturated carbocycles. The SMILES string of the molecule is O=C(CCl)Nc1nc2ccc(Oc3cccc(NC(=O)c4cccc(C(F)(F)F)c4)c3)nc2s1. The quantitative estimate of drug-likeness (QED) is 0.316. The van der Waals surface area contributed by atoms with Gasteiger partial charge in [-0.2, -0.15) is 13.2 Å². The largest absolute Gasteiger partial charge is 0.439 e. The van der Waals surface area contributed by atoms with Gasteiger partial charge in [0.1, 0.15) is 22.0 Å². The fourth-order valence-corrected chi connectivity index (χ4v) is 3.77. The maximum atomic E-state index is 12.9. The first-order chi connectivity index (χ1) is 16.2. The Hall–Kier alpha value is -3.70. The standard InChI is InChI=1S/C22H14ClF3N4O3S/c23-11-17(31)29-21-28-16-7-8-18(30-20(16)34-21)33-15-6-2-5-14(10-15)27-19(32)12-3-1-4-13(9-12)22(24,25)26/h1-10H,11H2,(H,27,32)(H,28,29,31). The number of benzene rings is 2. The molecule has 4 aromatic rings. The van der Waals surface area contributed by atoms with Crippen molar-refractivity contribution in [2.24, 2.45) is 0 Å². The Labute approximate surface area is 199 Å². The van der Waals surface area contributed by atoms with Gasteiger partial charge < -0.3 is 15.4 Å². The second kappa shape index (κ2) is 9.65. The number of rotatable bonds is 6. The number of carbonyl (C=O) groups excluding carboxylic acids is 2. The zero-order valence-electron chi connectivity index (χ0n) is 17.0. The van der Waals surface area contributed by atoms with E-state index in [4.69, 9.17) is 16.3 Å². The van der Waals surface area contributed by atoms with Gasteiger partial charge in [0.15, 0.2) is 5.13 Å². The molecule has 0 aliphatic heterocycles. The van der Waals surface area contributed by atoms with Crippen LogP contribution in [0.3, 0.4) is 0 Å². The number of halogens is 4. The maximum absolute atomic E-state index is 12.9. The summed E-state index contributed by atoms with van der Waals surface area (Å²) in [4.78, 5) is 33.0. The molecule has 4 rings (SSSR count). The van der Waals surface area contributed by atoms with Gasteiger partial charge in [-0.3, -0.25) is 9.59 Å². The van der Waals surface area contributed by atoms with Gasteiger partial charge in [0.2, 0.25) is 11.8 Å². The average Bonchev–Trinajstić information content (AvgIpc) is 3.20. The van der Waals surface area contributed by atoms with Crippen LogP contribution < -0.4 is 15.4 Å². The summed E-state index contributed by atoms with van der Waals surface area (Å²) < 4.78 is 44.5. The molecule has 2 heterocycles. The van der Waals surface area contributed by atoms with Crippen LogP contribution in [-0.4, -0.2) is 27.7 Å². The van der Waals surface area contributed by atoms with E-state index in [2.05, 4.69) is 20.6 Å². The van der Waals surface area contributed by atoms with Crippen molar-refractivity contribution in [1.29, 1.82) is 0 Å². The zero-order valence-corrected chi connectivity index (χ0v) is 18.6. The second-order valence-corrected chi connectivity index (χ2v) is 8.08. The predicted molar refractivity (Wildman–Crippen MR) is 123 cm³/mol. The monoisotopic (exact) mass is 506 g/mol. The molecule has 0 unspecified atom stereocenters. The molecule has 34 heavy (non-hydrogen) atoms. The summed E-state index contributed by atoms with van der Waals surface area (Å²) in [5.41, 5.74) is -0.156. The highest BCUT2D eigenvalue weighted by Gasteiger charge is 2.30. The summed E-state index contributed by atoms with van der Waals surface area (Å²) in [5, 5.41) is 5.46. The Balaban J connectivity index is 1.48. The van der Waals surface area contributed by atoms with E-state index in [-0.39, 0.29) is 23.2 Å². The highest BCUT2D eigenvalue weighted by molar-refractivity contribution is 7.22. The number of pyridine rings is 1. The molecular weight excluding hydrogens is 493 g/mol. The van der Waals surface area contributed by atoms with E-state index in [0.29, 0.717) is 26.9 Å². The van der Waals surface area contributed by atoms with Gasteiger partial charge in [0.05, 0.1) is 5.56 Å². The highest BCUT2D eigenvalue weighted by atomic mass is 35.5. The molecule has 2 aromatic heterocycles. The number of nitrogens with zero attached hydrogens (tertiary/aromatic N) is 2. The Morgan fingerprint density at radius 2 is 1.79 bits per heavy atom. The topological polar surface area (TPSA) is 93.2 Å². The van der Waals surface area contributed by atoms with E-state index in [0.717, 1.165) is 23.5 Å². The van der Waals surface area contributed by atoms with Crippen LogP contribution in [-0.2, 0) is 11.0 Å². The number of aromatic nitrogens is 2. The molecule has 2 aromatic carbocycles. The molecule has 174 valence electrons. The molecular formula is C22H14ClF3N4O3S. The Bertz CT molecular complexity index is 1380. The summed E-state index contributed by atoms with van der Waals surface area (Å²) in [6.07, 6.45) is -4.55. The second-order valence-electron chi connectivity index (χ2n) is 6.84. The molecule has 12 heteroatoms. The Morgan fingerprint density at radius 3 is 2.56 bits per heavy atom. The van der Waals surface area contributed by atoms with Crippen LogP contribution >= 0.6 is 22.9 Å². The lowest BCUT2D eigenvalue weighted by Gasteiger charge is -2.10. The molecule has 0 bridgehead atoms. The van der Waals surface area contributed by atoms with Gasteiger partial charge in [-0.25, -0.2) is 9.97 Å². The summed E-state index contributed by atoms with van der Waals surface area (Å²) in [6.45, 7) is 0. The van der Waals surface area contributed by atoms with Crippen molar-refractivity contribution in [2.75, 3.05) is 16.5 Å². The van der Waals surface area contributed by atoms with Crippen molar-refractivity contribution >= 4 is 55.9 Å². The molecule has 7 nitrogen and oxygen atoms in total. The molecule has 2 N–H and O–H groups in total. The van der Waals surface area contributed by atoms with Crippen molar-refractivity contribution in [3.05, 3.63) is 71.8 Å². The van der Waals surface area contributed by atoms with Gasteiger partial charge in [-0.1, -0.05) is 23.5 Å². The number of anilines is 2. The van der Waals surface area contributed by atoms with Gasteiger partial charge in [0, 0.05) is 23.4 Å². The Morgan fingerprint density at radius 1 is 1.00 bits per heavy atom. The molecule has 0 aliphatic carbocycles. The van der Waals surface area contributed by atoms with E-state index in [1.165, 1.54) is 18.2 Å². The van der Waals surface area contributed by atoms with E-state index < -0.39 is 17.6 Å². The predicted octanol–water partition coefficient (Wildman–Crippen LogP) is 5.93. The van der Waals surface area contributed by atoms with E-state index in [1.807, 2.05) is 0 Å². The smallest absolute Gasteiger partial charge is 0.416 e. The van der Waals surface area contributed by atoms with Crippen molar-refractivity contribution in [3.63, 3.8) is 0 Å². The normalized spacial score (nSPS) is 11.3. The van der Waals surface area contributed by atoms with Crippen LogP contribution in [0, 0.1) is 0 Å². The molecule has 0 atom stereocenters. The lowest BCUT2D eigenvalue weighted by Crippen LogP contribution is -2.13. The number of hydrogen-bond donors (Lipinski definition) is 2. The number of amides is 2. The van der Waals surface area contributed by atoms with Gasteiger partial charge in [-0.05, 0) is 36.4 Å². The van der Waals surface area contributed by atoms with Crippen molar-refractivity contribution in [2.45, 2.75) is 6.18 Å². The highest BCUT2D eigenvalue weighted by Crippen LogP contribution is 2.31. The number of alkyl halides is 4. The van der Waals surface area contributed by atoms with E-state index in [1.54, 1.807) is 30.3 Å². The van der Waals surface area contributed by atoms with Gasteiger partial charge in [-0.15, -0.1) is 11.6 Å². The van der Waals surface area contributed by atoms with Crippen LogP contribution in [0.4, 0.5) is 24.0 Å². The number of carbonyl (C=O) groups is 2. The first-order valence-corrected chi connectivity index (χ1v) is 11.0. The van der Waals surface area contributed by atoms with Crippen molar-refractivity contribution in [3.8, 4) is 11.6 Å². The van der Waals surface area contributed by atoms with Crippen LogP contribution in [0.1, 0.15) is 15.9 Å². The third-order valence-corrected chi connectivity index (χ3v) is 5.49.